The Morgan fingerprint density at radius 3 is 2.28 bits per heavy atom. The molecular weight excluding hydrogens is 269 g/mol. The van der Waals surface area contributed by atoms with Crippen LogP contribution in [-0.2, 0) is 0 Å². The maximum atomic E-state index is 12.8. The zero-order valence-electron chi connectivity index (χ0n) is 9.64. The van der Waals surface area contributed by atoms with Gasteiger partial charge in [0.05, 0.1) is 0 Å². The molecule has 0 spiro atoms. The second-order valence-electron chi connectivity index (χ2n) is 3.92. The SMILES string of the molecule is NC(CSc1ccc(Cl)cc1)c1ccc(F)cc1. The zero-order chi connectivity index (χ0) is 13.0. The van der Waals surface area contributed by atoms with Crippen molar-refractivity contribution in [3.8, 4) is 0 Å². The second kappa shape index (κ2) is 6.23. The Bertz CT molecular complexity index is 498. The molecule has 0 radical (unpaired) electrons. The van der Waals surface area contributed by atoms with Crippen molar-refractivity contribution in [2.24, 2.45) is 5.73 Å². The Labute approximate surface area is 115 Å². The minimum absolute atomic E-state index is 0.105. The quantitative estimate of drug-likeness (QED) is 0.847. The Morgan fingerprint density at radius 1 is 1.06 bits per heavy atom. The molecule has 0 fully saturated rings. The highest BCUT2D eigenvalue weighted by atomic mass is 35.5. The predicted octanol–water partition coefficient (Wildman–Crippen LogP) is 4.27. The lowest BCUT2D eigenvalue weighted by molar-refractivity contribution is 0.626. The average Bonchev–Trinajstić information content (AvgIpc) is 2.38. The molecule has 2 aromatic rings. The van der Waals surface area contributed by atoms with Gasteiger partial charge in [-0.3, -0.25) is 0 Å². The molecule has 0 aromatic heterocycles. The highest BCUT2D eigenvalue weighted by Gasteiger charge is 2.06. The molecule has 0 heterocycles. The smallest absolute Gasteiger partial charge is 0.123 e. The Hall–Kier alpha value is -1.03. The third-order valence-corrected chi connectivity index (χ3v) is 3.92. The number of hydrogen-bond donors (Lipinski definition) is 1. The lowest BCUT2D eigenvalue weighted by atomic mass is 10.1. The fraction of sp³-hybridized carbons (Fsp3) is 0.143. The normalized spacial score (nSPS) is 12.4. The molecule has 0 saturated carbocycles. The minimum Gasteiger partial charge on any atom is -0.323 e. The van der Waals surface area contributed by atoms with Gasteiger partial charge in [0, 0.05) is 21.7 Å². The molecule has 0 aliphatic carbocycles. The summed E-state index contributed by atoms with van der Waals surface area (Å²) in [6.45, 7) is 0. The van der Waals surface area contributed by atoms with E-state index in [1.807, 2.05) is 24.3 Å². The van der Waals surface area contributed by atoms with Crippen molar-refractivity contribution < 1.29 is 4.39 Å². The van der Waals surface area contributed by atoms with Crippen LogP contribution >= 0.6 is 23.4 Å². The van der Waals surface area contributed by atoms with Gasteiger partial charge in [0.15, 0.2) is 0 Å². The van der Waals surface area contributed by atoms with E-state index in [-0.39, 0.29) is 11.9 Å². The molecule has 0 aliphatic rings. The first-order chi connectivity index (χ1) is 8.65. The van der Waals surface area contributed by atoms with Gasteiger partial charge < -0.3 is 5.73 Å². The van der Waals surface area contributed by atoms with Crippen LogP contribution in [0, 0.1) is 5.82 Å². The summed E-state index contributed by atoms with van der Waals surface area (Å²) in [6.07, 6.45) is 0. The summed E-state index contributed by atoms with van der Waals surface area (Å²) >= 11 is 7.47. The van der Waals surface area contributed by atoms with Gasteiger partial charge >= 0.3 is 0 Å². The monoisotopic (exact) mass is 281 g/mol. The fourth-order valence-electron chi connectivity index (χ4n) is 1.52. The summed E-state index contributed by atoms with van der Waals surface area (Å²) < 4.78 is 12.8. The number of thioether (sulfide) groups is 1. The van der Waals surface area contributed by atoms with E-state index >= 15 is 0 Å². The Balaban J connectivity index is 1.93. The second-order valence-corrected chi connectivity index (χ2v) is 5.45. The molecular formula is C14H13ClFNS. The van der Waals surface area contributed by atoms with Crippen LogP contribution in [0.4, 0.5) is 4.39 Å². The van der Waals surface area contributed by atoms with E-state index in [4.69, 9.17) is 17.3 Å². The van der Waals surface area contributed by atoms with Crippen LogP contribution in [0.1, 0.15) is 11.6 Å². The molecule has 4 heteroatoms. The highest BCUT2D eigenvalue weighted by molar-refractivity contribution is 7.99. The summed E-state index contributed by atoms with van der Waals surface area (Å²) in [6, 6.07) is 13.8. The lowest BCUT2D eigenvalue weighted by Crippen LogP contribution is -2.12. The third-order valence-electron chi connectivity index (χ3n) is 2.54. The van der Waals surface area contributed by atoms with E-state index in [2.05, 4.69) is 0 Å². The van der Waals surface area contributed by atoms with Gasteiger partial charge in [-0.15, -0.1) is 11.8 Å². The van der Waals surface area contributed by atoms with Crippen LogP contribution < -0.4 is 5.73 Å². The van der Waals surface area contributed by atoms with Crippen LogP contribution in [0.3, 0.4) is 0 Å². The predicted molar refractivity (Wildman–Crippen MR) is 75.5 cm³/mol. The van der Waals surface area contributed by atoms with Gasteiger partial charge in [0.2, 0.25) is 0 Å². The average molecular weight is 282 g/mol. The van der Waals surface area contributed by atoms with E-state index < -0.39 is 0 Å². The Kier molecular flexibility index (Phi) is 4.64. The number of nitrogens with two attached hydrogens (primary N) is 1. The first-order valence-corrected chi connectivity index (χ1v) is 6.91. The molecule has 2 N–H and O–H groups in total. The van der Waals surface area contributed by atoms with Crippen LogP contribution in [0.25, 0.3) is 0 Å². The summed E-state index contributed by atoms with van der Waals surface area (Å²) in [5, 5.41) is 0.724. The van der Waals surface area contributed by atoms with Gasteiger partial charge in [-0.25, -0.2) is 4.39 Å². The fourth-order valence-corrected chi connectivity index (χ4v) is 2.54. The summed E-state index contributed by atoms with van der Waals surface area (Å²) in [5.74, 6) is 0.504. The summed E-state index contributed by atoms with van der Waals surface area (Å²) in [5.41, 5.74) is 7.00. The van der Waals surface area contributed by atoms with Gasteiger partial charge in [-0.1, -0.05) is 23.7 Å². The minimum atomic E-state index is -0.240. The first-order valence-electron chi connectivity index (χ1n) is 5.54. The molecule has 0 aliphatic heterocycles. The van der Waals surface area contributed by atoms with Crippen molar-refractivity contribution in [3.05, 3.63) is 64.9 Å². The summed E-state index contributed by atoms with van der Waals surface area (Å²) in [4.78, 5) is 1.12. The maximum absolute atomic E-state index is 12.8. The molecule has 1 atom stereocenters. The zero-order valence-corrected chi connectivity index (χ0v) is 11.2. The van der Waals surface area contributed by atoms with Gasteiger partial charge in [0.1, 0.15) is 5.82 Å². The van der Waals surface area contributed by atoms with Crippen molar-refractivity contribution in [1.82, 2.24) is 0 Å². The molecule has 0 amide bonds. The number of halogens is 2. The van der Waals surface area contributed by atoms with E-state index in [1.165, 1.54) is 12.1 Å². The molecule has 18 heavy (non-hydrogen) atoms. The van der Waals surface area contributed by atoms with Crippen LogP contribution in [0.2, 0.25) is 5.02 Å². The topological polar surface area (TPSA) is 26.0 Å². The number of benzene rings is 2. The summed E-state index contributed by atoms with van der Waals surface area (Å²) in [7, 11) is 0. The lowest BCUT2D eigenvalue weighted by Gasteiger charge is -2.11. The molecule has 2 rings (SSSR count). The van der Waals surface area contributed by atoms with E-state index in [0.717, 1.165) is 21.2 Å². The standard InChI is InChI=1S/C14H13ClFNS/c15-11-3-7-13(8-4-11)18-9-14(17)10-1-5-12(16)6-2-10/h1-8,14H,9,17H2. The van der Waals surface area contributed by atoms with E-state index in [1.54, 1.807) is 23.9 Å². The first kappa shape index (κ1) is 13.4. The van der Waals surface area contributed by atoms with Crippen molar-refractivity contribution in [2.75, 3.05) is 5.75 Å². The molecule has 1 unspecified atom stereocenters. The molecule has 0 bridgehead atoms. The third kappa shape index (κ3) is 3.73. The highest BCUT2D eigenvalue weighted by Crippen LogP contribution is 2.24. The number of rotatable bonds is 4. The number of hydrogen-bond acceptors (Lipinski definition) is 2. The van der Waals surface area contributed by atoms with Crippen molar-refractivity contribution in [3.63, 3.8) is 0 Å². The van der Waals surface area contributed by atoms with Crippen molar-refractivity contribution in [2.45, 2.75) is 10.9 Å². The van der Waals surface area contributed by atoms with Crippen LogP contribution in [-0.4, -0.2) is 5.75 Å². The molecule has 94 valence electrons. The largest absolute Gasteiger partial charge is 0.323 e. The van der Waals surface area contributed by atoms with Gasteiger partial charge in [-0.2, -0.15) is 0 Å². The van der Waals surface area contributed by atoms with Gasteiger partial charge in [-0.05, 0) is 42.0 Å². The van der Waals surface area contributed by atoms with Crippen molar-refractivity contribution >= 4 is 23.4 Å². The molecule has 1 nitrogen and oxygen atoms in total. The van der Waals surface area contributed by atoms with Crippen LogP contribution in [0.5, 0.6) is 0 Å². The van der Waals surface area contributed by atoms with E-state index in [0.29, 0.717) is 0 Å². The van der Waals surface area contributed by atoms with Crippen molar-refractivity contribution in [1.29, 1.82) is 0 Å². The maximum Gasteiger partial charge on any atom is 0.123 e. The molecule has 0 saturated heterocycles. The van der Waals surface area contributed by atoms with E-state index in [9.17, 15) is 4.39 Å². The van der Waals surface area contributed by atoms with Gasteiger partial charge in [0.25, 0.3) is 0 Å². The molecule has 2 aromatic carbocycles. The Morgan fingerprint density at radius 2 is 1.67 bits per heavy atom. The van der Waals surface area contributed by atoms with Crippen LogP contribution in [0.15, 0.2) is 53.4 Å².